The molecule has 7 nitrogen and oxygen atoms in total. The monoisotopic (exact) mass is 386 g/mol. The minimum Gasteiger partial charge on any atom is -0.482 e. The van der Waals surface area contributed by atoms with Crippen LogP contribution in [0.3, 0.4) is 0 Å². The molecule has 146 valence electrons. The molecule has 0 aliphatic carbocycles. The summed E-state index contributed by atoms with van der Waals surface area (Å²) in [5, 5.41) is 11.3. The van der Waals surface area contributed by atoms with Crippen molar-refractivity contribution < 1.29 is 28.6 Å². The number of carbonyl (C=O) groups is 3. The van der Waals surface area contributed by atoms with E-state index in [0.29, 0.717) is 30.0 Å². The fraction of sp³-hybridized carbons (Fsp3) is 0.250. The number of hydrogen-bond acceptors (Lipinski definition) is 4. The van der Waals surface area contributed by atoms with Crippen LogP contribution in [0.15, 0.2) is 42.5 Å². The van der Waals surface area contributed by atoms with Gasteiger partial charge in [0, 0.05) is 25.2 Å². The third kappa shape index (κ3) is 4.64. The van der Waals surface area contributed by atoms with Crippen molar-refractivity contribution in [3.63, 3.8) is 0 Å². The second-order valence-electron chi connectivity index (χ2n) is 6.33. The van der Waals surface area contributed by atoms with Crippen LogP contribution in [0.2, 0.25) is 0 Å². The van der Waals surface area contributed by atoms with Crippen molar-refractivity contribution in [2.24, 2.45) is 0 Å². The number of aliphatic carboxylic acids is 1. The second kappa shape index (κ2) is 8.51. The number of nitrogens with zero attached hydrogens (tertiary/aromatic N) is 1. The number of carboxylic acid groups (broad SMARTS) is 1. The Morgan fingerprint density at radius 3 is 2.75 bits per heavy atom. The summed E-state index contributed by atoms with van der Waals surface area (Å²) in [6.45, 7) is 0.188. The normalized spacial score (nSPS) is 13.5. The summed E-state index contributed by atoms with van der Waals surface area (Å²) in [6.07, 6.45) is 1.18. The largest absolute Gasteiger partial charge is 0.482 e. The predicted octanol–water partition coefficient (Wildman–Crippen LogP) is 2.35. The van der Waals surface area contributed by atoms with Gasteiger partial charge in [-0.1, -0.05) is 12.1 Å². The molecule has 0 bridgehead atoms. The maximum Gasteiger partial charge on any atom is 0.341 e. The summed E-state index contributed by atoms with van der Waals surface area (Å²) in [4.78, 5) is 36.4. The Balaban J connectivity index is 1.67. The Morgan fingerprint density at radius 2 is 2.04 bits per heavy atom. The molecule has 1 aliphatic heterocycles. The Hall–Kier alpha value is -3.42. The van der Waals surface area contributed by atoms with Crippen molar-refractivity contribution in [2.45, 2.75) is 19.4 Å². The highest BCUT2D eigenvalue weighted by atomic mass is 19.1. The van der Waals surface area contributed by atoms with E-state index in [1.165, 1.54) is 18.2 Å². The van der Waals surface area contributed by atoms with E-state index in [-0.39, 0.29) is 18.0 Å². The SMILES string of the molecule is O=C(O)COc1cccc(CNC(=O)c2cc(N3CCCC3=O)ccc2F)c1. The molecule has 1 saturated heterocycles. The maximum absolute atomic E-state index is 14.1. The molecule has 0 spiro atoms. The van der Waals surface area contributed by atoms with Crippen molar-refractivity contribution in [1.29, 1.82) is 0 Å². The van der Waals surface area contributed by atoms with Crippen LogP contribution < -0.4 is 15.0 Å². The Bertz CT molecular complexity index is 915. The van der Waals surface area contributed by atoms with Gasteiger partial charge < -0.3 is 20.1 Å². The molecular weight excluding hydrogens is 367 g/mol. The van der Waals surface area contributed by atoms with Gasteiger partial charge in [0.2, 0.25) is 5.91 Å². The Morgan fingerprint density at radius 1 is 1.21 bits per heavy atom. The van der Waals surface area contributed by atoms with Gasteiger partial charge in [-0.15, -0.1) is 0 Å². The maximum atomic E-state index is 14.1. The van der Waals surface area contributed by atoms with Crippen LogP contribution in [-0.4, -0.2) is 36.0 Å². The summed E-state index contributed by atoms with van der Waals surface area (Å²) in [5.41, 5.74) is 1.02. The van der Waals surface area contributed by atoms with E-state index in [9.17, 15) is 18.8 Å². The number of carboxylic acids is 1. The van der Waals surface area contributed by atoms with Crippen molar-refractivity contribution in [3.8, 4) is 5.75 Å². The Kier molecular flexibility index (Phi) is 5.88. The summed E-state index contributed by atoms with van der Waals surface area (Å²) < 4.78 is 19.2. The van der Waals surface area contributed by atoms with Gasteiger partial charge in [-0.2, -0.15) is 0 Å². The van der Waals surface area contributed by atoms with Gasteiger partial charge >= 0.3 is 5.97 Å². The first-order valence-corrected chi connectivity index (χ1v) is 8.75. The number of hydrogen-bond donors (Lipinski definition) is 2. The van der Waals surface area contributed by atoms with Crippen LogP contribution in [0.4, 0.5) is 10.1 Å². The van der Waals surface area contributed by atoms with Gasteiger partial charge in [-0.3, -0.25) is 9.59 Å². The van der Waals surface area contributed by atoms with E-state index in [0.717, 1.165) is 6.42 Å². The Labute approximate surface area is 160 Å². The quantitative estimate of drug-likeness (QED) is 0.762. The van der Waals surface area contributed by atoms with Crippen LogP contribution >= 0.6 is 0 Å². The van der Waals surface area contributed by atoms with Crippen LogP contribution in [0.5, 0.6) is 5.75 Å². The zero-order valence-corrected chi connectivity index (χ0v) is 15.0. The third-order valence-electron chi connectivity index (χ3n) is 4.29. The number of carbonyl (C=O) groups excluding carboxylic acids is 2. The summed E-state index contributed by atoms with van der Waals surface area (Å²) >= 11 is 0. The smallest absolute Gasteiger partial charge is 0.341 e. The zero-order chi connectivity index (χ0) is 20.1. The molecule has 2 amide bonds. The highest BCUT2D eigenvalue weighted by Crippen LogP contribution is 2.24. The summed E-state index contributed by atoms with van der Waals surface area (Å²) in [7, 11) is 0. The van der Waals surface area contributed by atoms with Crippen molar-refractivity contribution in [1.82, 2.24) is 5.32 Å². The van der Waals surface area contributed by atoms with E-state index >= 15 is 0 Å². The lowest BCUT2D eigenvalue weighted by Crippen LogP contribution is -2.26. The number of rotatable bonds is 7. The average molecular weight is 386 g/mol. The predicted molar refractivity (Wildman–Crippen MR) is 98.7 cm³/mol. The fourth-order valence-electron chi connectivity index (χ4n) is 2.94. The standard InChI is InChI=1S/C20H19FN2O5/c21-17-7-6-14(23-8-2-5-18(23)24)10-16(17)20(27)22-11-13-3-1-4-15(9-13)28-12-19(25)26/h1,3-4,6-7,9-10H,2,5,8,11-12H2,(H,22,27)(H,25,26). The van der Waals surface area contributed by atoms with Crippen LogP contribution in [-0.2, 0) is 16.1 Å². The van der Waals surface area contributed by atoms with Gasteiger partial charge in [0.15, 0.2) is 6.61 Å². The molecule has 1 aliphatic rings. The molecule has 1 heterocycles. The molecule has 2 aromatic rings. The molecule has 0 unspecified atom stereocenters. The average Bonchev–Trinajstić information content (AvgIpc) is 3.11. The summed E-state index contributed by atoms with van der Waals surface area (Å²) in [5.74, 6) is -2.06. The molecule has 1 fully saturated rings. The molecule has 0 atom stereocenters. The minimum absolute atomic E-state index is 0.0452. The molecule has 28 heavy (non-hydrogen) atoms. The molecule has 0 saturated carbocycles. The molecule has 0 aromatic heterocycles. The van der Waals surface area contributed by atoms with E-state index in [4.69, 9.17) is 9.84 Å². The molecule has 2 aromatic carbocycles. The first-order valence-electron chi connectivity index (χ1n) is 8.75. The number of halogens is 1. The number of ether oxygens (including phenoxy) is 1. The first kappa shape index (κ1) is 19.3. The van der Waals surface area contributed by atoms with Gasteiger partial charge in [0.1, 0.15) is 11.6 Å². The van der Waals surface area contributed by atoms with E-state index in [2.05, 4.69) is 5.32 Å². The zero-order valence-electron chi connectivity index (χ0n) is 15.0. The topological polar surface area (TPSA) is 95.9 Å². The van der Waals surface area contributed by atoms with Gasteiger partial charge in [0.25, 0.3) is 5.91 Å². The van der Waals surface area contributed by atoms with Gasteiger partial charge in [-0.25, -0.2) is 9.18 Å². The molecule has 2 N–H and O–H groups in total. The highest BCUT2D eigenvalue weighted by molar-refractivity contribution is 5.99. The number of amides is 2. The lowest BCUT2D eigenvalue weighted by Gasteiger charge is -2.17. The lowest BCUT2D eigenvalue weighted by atomic mass is 10.1. The lowest BCUT2D eigenvalue weighted by molar-refractivity contribution is -0.139. The van der Waals surface area contributed by atoms with E-state index < -0.39 is 24.3 Å². The first-order chi connectivity index (χ1) is 13.4. The second-order valence-corrected chi connectivity index (χ2v) is 6.33. The molecular formula is C20H19FN2O5. The molecule has 3 rings (SSSR count). The minimum atomic E-state index is -1.09. The van der Waals surface area contributed by atoms with Gasteiger partial charge in [0.05, 0.1) is 5.56 Å². The van der Waals surface area contributed by atoms with E-state index in [1.807, 2.05) is 0 Å². The number of benzene rings is 2. The van der Waals surface area contributed by atoms with E-state index in [1.54, 1.807) is 29.2 Å². The number of nitrogens with one attached hydrogen (secondary N) is 1. The fourth-order valence-corrected chi connectivity index (χ4v) is 2.94. The highest BCUT2D eigenvalue weighted by Gasteiger charge is 2.23. The van der Waals surface area contributed by atoms with Crippen molar-refractivity contribution in [2.75, 3.05) is 18.1 Å². The molecule has 0 radical (unpaired) electrons. The van der Waals surface area contributed by atoms with Crippen LogP contribution in [0.25, 0.3) is 0 Å². The van der Waals surface area contributed by atoms with Crippen molar-refractivity contribution in [3.05, 3.63) is 59.4 Å². The number of anilines is 1. The molecule has 8 heteroatoms. The van der Waals surface area contributed by atoms with Gasteiger partial charge in [-0.05, 0) is 42.3 Å². The van der Waals surface area contributed by atoms with Crippen LogP contribution in [0, 0.1) is 5.82 Å². The van der Waals surface area contributed by atoms with Crippen LogP contribution in [0.1, 0.15) is 28.8 Å². The third-order valence-corrected chi connectivity index (χ3v) is 4.29. The summed E-state index contributed by atoms with van der Waals surface area (Å²) in [6, 6.07) is 10.6. The van der Waals surface area contributed by atoms with Crippen molar-refractivity contribution >= 4 is 23.5 Å².